The highest BCUT2D eigenvalue weighted by Crippen LogP contribution is 2.20. The van der Waals surface area contributed by atoms with Crippen LogP contribution in [0, 0.1) is 6.92 Å². The summed E-state index contributed by atoms with van der Waals surface area (Å²) in [6.07, 6.45) is 0. The van der Waals surface area contributed by atoms with Gasteiger partial charge in [-0.3, -0.25) is 5.32 Å². The van der Waals surface area contributed by atoms with Crippen LogP contribution in [0.1, 0.15) is 5.69 Å². The summed E-state index contributed by atoms with van der Waals surface area (Å²) in [6, 6.07) is 16.4. The van der Waals surface area contributed by atoms with Gasteiger partial charge < -0.3 is 10.1 Å². The van der Waals surface area contributed by atoms with Gasteiger partial charge in [0, 0.05) is 23.5 Å². The lowest BCUT2D eigenvalue weighted by Crippen LogP contribution is -2.19. The van der Waals surface area contributed by atoms with Crippen molar-refractivity contribution in [3.05, 3.63) is 66.4 Å². The molecule has 0 fully saturated rings. The Labute approximate surface area is 148 Å². The Hall–Kier alpha value is -3.42. The van der Waals surface area contributed by atoms with E-state index in [-0.39, 0.29) is 5.75 Å². The number of ether oxygens (including phenoxy) is 1. The van der Waals surface area contributed by atoms with Gasteiger partial charge in [0.15, 0.2) is 5.82 Å². The van der Waals surface area contributed by atoms with Crippen LogP contribution in [0.25, 0.3) is 5.69 Å². The lowest BCUT2D eigenvalue weighted by atomic mass is 10.3. The van der Waals surface area contributed by atoms with Crippen LogP contribution in [0.2, 0.25) is 0 Å². The summed E-state index contributed by atoms with van der Waals surface area (Å²) in [6.45, 7) is -1.06. The van der Waals surface area contributed by atoms with Gasteiger partial charge in [0.25, 0.3) is 0 Å². The fraction of sp³-hybridized carbons (Fsp3) is 0.111. The summed E-state index contributed by atoms with van der Waals surface area (Å²) >= 11 is 0. The number of nitrogens with one attached hydrogen (secondary N) is 2. The molecule has 2 aromatic carbocycles. The molecule has 0 aliphatic heterocycles. The number of anilines is 2. The highest BCUT2D eigenvalue weighted by Gasteiger charge is 2.10. The van der Waals surface area contributed by atoms with Crippen LogP contribution >= 0.6 is 0 Å². The van der Waals surface area contributed by atoms with Gasteiger partial charge >= 0.3 is 12.6 Å². The number of para-hydroxylation sites is 1. The molecule has 3 rings (SSSR count). The number of carbonyl (C=O) groups is 1. The quantitative estimate of drug-likeness (QED) is 0.709. The van der Waals surface area contributed by atoms with E-state index in [1.54, 1.807) is 16.8 Å². The molecule has 0 radical (unpaired) electrons. The van der Waals surface area contributed by atoms with E-state index in [4.69, 9.17) is 0 Å². The number of hydrogen-bond donors (Lipinski definition) is 2. The largest absolute Gasteiger partial charge is 0.435 e. The highest BCUT2D eigenvalue weighted by atomic mass is 19.3. The van der Waals surface area contributed by atoms with E-state index in [0.29, 0.717) is 11.5 Å². The van der Waals surface area contributed by atoms with E-state index >= 15 is 0 Å². The Morgan fingerprint density at radius 3 is 2.58 bits per heavy atom. The molecule has 0 bridgehead atoms. The molecule has 2 N–H and O–H groups in total. The summed E-state index contributed by atoms with van der Waals surface area (Å²) < 4.78 is 30.5. The van der Waals surface area contributed by atoms with Crippen molar-refractivity contribution in [2.45, 2.75) is 13.5 Å². The van der Waals surface area contributed by atoms with Crippen molar-refractivity contribution >= 4 is 17.5 Å². The van der Waals surface area contributed by atoms with E-state index in [1.807, 2.05) is 37.3 Å². The maximum atomic E-state index is 12.2. The molecule has 26 heavy (non-hydrogen) atoms. The zero-order valence-electron chi connectivity index (χ0n) is 13.8. The SMILES string of the molecule is Cc1cc(NC(=O)Nc2cccc(OC(F)F)c2)nn1-c1ccccc1. The van der Waals surface area contributed by atoms with Crippen molar-refractivity contribution < 1.29 is 18.3 Å². The van der Waals surface area contributed by atoms with Crippen molar-refractivity contribution in [1.82, 2.24) is 9.78 Å². The first-order chi connectivity index (χ1) is 12.5. The second kappa shape index (κ2) is 7.64. The van der Waals surface area contributed by atoms with Crippen molar-refractivity contribution in [3.8, 4) is 11.4 Å². The van der Waals surface area contributed by atoms with Crippen LogP contribution in [0.15, 0.2) is 60.7 Å². The summed E-state index contributed by atoms with van der Waals surface area (Å²) in [4.78, 5) is 12.1. The third-order valence-electron chi connectivity index (χ3n) is 3.45. The Morgan fingerprint density at radius 2 is 1.85 bits per heavy atom. The van der Waals surface area contributed by atoms with Gasteiger partial charge in [-0.1, -0.05) is 24.3 Å². The van der Waals surface area contributed by atoms with Gasteiger partial charge in [0.05, 0.1) is 5.69 Å². The van der Waals surface area contributed by atoms with Gasteiger partial charge in [-0.05, 0) is 31.2 Å². The average molecular weight is 358 g/mol. The molecule has 0 saturated heterocycles. The van der Waals surface area contributed by atoms with Gasteiger partial charge in [-0.2, -0.15) is 8.78 Å². The number of nitrogens with zero attached hydrogens (tertiary/aromatic N) is 2. The minimum Gasteiger partial charge on any atom is -0.435 e. The van der Waals surface area contributed by atoms with Crippen LogP contribution in [-0.2, 0) is 0 Å². The Bertz CT molecular complexity index is 897. The lowest BCUT2D eigenvalue weighted by molar-refractivity contribution is -0.0497. The summed E-state index contributed by atoms with van der Waals surface area (Å²) in [5.74, 6) is 0.325. The molecule has 6 nitrogen and oxygen atoms in total. The van der Waals surface area contributed by atoms with Crippen molar-refractivity contribution in [3.63, 3.8) is 0 Å². The maximum absolute atomic E-state index is 12.2. The second-order valence-electron chi connectivity index (χ2n) is 5.40. The molecular formula is C18H16F2N4O2. The molecule has 0 spiro atoms. The molecular weight excluding hydrogens is 342 g/mol. The van der Waals surface area contributed by atoms with Crippen molar-refractivity contribution in [2.75, 3.05) is 10.6 Å². The third kappa shape index (κ3) is 4.35. The van der Waals surface area contributed by atoms with Gasteiger partial charge in [-0.25, -0.2) is 9.48 Å². The molecule has 0 saturated carbocycles. The number of hydrogen-bond acceptors (Lipinski definition) is 3. The predicted molar refractivity (Wildman–Crippen MR) is 94.0 cm³/mol. The highest BCUT2D eigenvalue weighted by molar-refractivity contribution is 5.99. The smallest absolute Gasteiger partial charge is 0.387 e. The standard InChI is InChI=1S/C18H16F2N4O2/c1-12-10-16(23-24(12)14-7-3-2-4-8-14)22-18(25)21-13-6-5-9-15(11-13)26-17(19)20/h2-11,17H,1H3,(H2,21,22,23,25). The third-order valence-corrected chi connectivity index (χ3v) is 3.45. The van der Waals surface area contributed by atoms with Crippen molar-refractivity contribution in [1.29, 1.82) is 0 Å². The van der Waals surface area contributed by atoms with Crippen LogP contribution in [0.4, 0.5) is 25.1 Å². The van der Waals surface area contributed by atoms with Crippen LogP contribution in [-0.4, -0.2) is 22.4 Å². The van der Waals surface area contributed by atoms with Crippen LogP contribution < -0.4 is 15.4 Å². The van der Waals surface area contributed by atoms with Gasteiger partial charge in [0.2, 0.25) is 0 Å². The number of rotatable bonds is 5. The first-order valence-electron chi connectivity index (χ1n) is 7.76. The number of aromatic nitrogens is 2. The summed E-state index contributed by atoms with van der Waals surface area (Å²) in [5, 5.41) is 9.50. The molecule has 8 heteroatoms. The molecule has 0 unspecified atom stereocenters. The minimum atomic E-state index is -2.93. The molecule has 134 valence electrons. The van der Waals surface area contributed by atoms with E-state index in [1.165, 1.54) is 18.2 Å². The molecule has 3 aromatic rings. The monoisotopic (exact) mass is 358 g/mol. The Kier molecular flexibility index (Phi) is 5.12. The molecule has 0 aliphatic rings. The fourth-order valence-corrected chi connectivity index (χ4v) is 2.39. The molecule has 1 aromatic heterocycles. The number of alkyl halides is 2. The summed E-state index contributed by atoms with van der Waals surface area (Å²) in [7, 11) is 0. The van der Waals surface area contributed by atoms with E-state index in [2.05, 4.69) is 20.5 Å². The fourth-order valence-electron chi connectivity index (χ4n) is 2.39. The number of carbonyl (C=O) groups excluding carboxylic acids is 1. The minimum absolute atomic E-state index is 0.0398. The molecule has 1 heterocycles. The summed E-state index contributed by atoms with van der Waals surface area (Å²) in [5.41, 5.74) is 2.04. The van der Waals surface area contributed by atoms with E-state index in [0.717, 1.165) is 11.4 Å². The number of aryl methyl sites for hydroxylation is 1. The zero-order chi connectivity index (χ0) is 18.5. The number of urea groups is 1. The number of halogens is 2. The topological polar surface area (TPSA) is 68.2 Å². The first-order valence-corrected chi connectivity index (χ1v) is 7.76. The van der Waals surface area contributed by atoms with Crippen LogP contribution in [0.5, 0.6) is 5.75 Å². The van der Waals surface area contributed by atoms with Crippen molar-refractivity contribution in [2.24, 2.45) is 0 Å². The second-order valence-corrected chi connectivity index (χ2v) is 5.40. The van der Waals surface area contributed by atoms with E-state index < -0.39 is 12.6 Å². The van der Waals surface area contributed by atoms with Gasteiger partial charge in [-0.15, -0.1) is 5.10 Å². The average Bonchev–Trinajstić information content (AvgIpc) is 2.95. The Balaban J connectivity index is 1.67. The molecule has 2 amide bonds. The van der Waals surface area contributed by atoms with E-state index in [9.17, 15) is 13.6 Å². The Morgan fingerprint density at radius 1 is 1.08 bits per heavy atom. The number of benzene rings is 2. The number of amides is 2. The lowest BCUT2D eigenvalue weighted by Gasteiger charge is -2.08. The molecule has 0 aliphatic carbocycles. The zero-order valence-corrected chi connectivity index (χ0v) is 13.8. The normalized spacial score (nSPS) is 10.6. The predicted octanol–water partition coefficient (Wildman–Crippen LogP) is 4.43. The van der Waals surface area contributed by atoms with Gasteiger partial charge in [0.1, 0.15) is 5.75 Å². The first kappa shape index (κ1) is 17.4. The van der Waals surface area contributed by atoms with Crippen LogP contribution in [0.3, 0.4) is 0 Å². The maximum Gasteiger partial charge on any atom is 0.387 e. The molecule has 0 atom stereocenters.